The molecule has 1 aromatic carbocycles. The van der Waals surface area contributed by atoms with E-state index in [0.717, 1.165) is 31.4 Å². The highest BCUT2D eigenvalue weighted by Gasteiger charge is 2.49. The predicted molar refractivity (Wildman–Crippen MR) is 109 cm³/mol. The van der Waals surface area contributed by atoms with Crippen LogP contribution in [0.3, 0.4) is 0 Å². The second kappa shape index (κ2) is 7.65. The maximum atomic E-state index is 13.4. The molecular formula is C23H29N3O3. The summed E-state index contributed by atoms with van der Waals surface area (Å²) in [5, 5.41) is 0. The number of carbonyl (C=O) groups is 2. The fourth-order valence-corrected chi connectivity index (χ4v) is 4.62. The van der Waals surface area contributed by atoms with Crippen molar-refractivity contribution >= 4 is 11.8 Å². The summed E-state index contributed by atoms with van der Waals surface area (Å²) in [5.74, 6) is 1.07. The summed E-state index contributed by atoms with van der Waals surface area (Å²) in [6, 6.07) is 8.56. The van der Waals surface area contributed by atoms with Gasteiger partial charge in [0.2, 0.25) is 5.91 Å². The third-order valence-corrected chi connectivity index (χ3v) is 6.43. The van der Waals surface area contributed by atoms with Crippen molar-refractivity contribution in [1.29, 1.82) is 0 Å². The second-order valence-corrected chi connectivity index (χ2v) is 8.74. The lowest BCUT2D eigenvalue weighted by molar-refractivity contribution is -0.146. The molecule has 2 aromatic rings. The summed E-state index contributed by atoms with van der Waals surface area (Å²) in [5.41, 5.74) is 2.36. The molecule has 2 amide bonds. The summed E-state index contributed by atoms with van der Waals surface area (Å²) < 4.78 is 5.18. The van der Waals surface area contributed by atoms with Crippen molar-refractivity contribution in [2.45, 2.75) is 52.5 Å². The number of piperidine rings is 1. The molecule has 0 saturated carbocycles. The van der Waals surface area contributed by atoms with E-state index in [0.29, 0.717) is 37.0 Å². The lowest BCUT2D eigenvalue weighted by atomic mass is 9.78. The number of carbonyl (C=O) groups excluding carboxylic acids is 2. The van der Waals surface area contributed by atoms with Crippen LogP contribution in [0.4, 0.5) is 0 Å². The molecule has 0 radical (unpaired) electrons. The van der Waals surface area contributed by atoms with Gasteiger partial charge < -0.3 is 14.2 Å². The van der Waals surface area contributed by atoms with E-state index in [9.17, 15) is 9.59 Å². The normalized spacial score (nSPS) is 22.1. The van der Waals surface area contributed by atoms with Crippen molar-refractivity contribution < 1.29 is 14.0 Å². The minimum atomic E-state index is -0.455. The average molecular weight is 396 g/mol. The zero-order valence-corrected chi connectivity index (χ0v) is 17.5. The highest BCUT2D eigenvalue weighted by Crippen LogP contribution is 2.41. The van der Waals surface area contributed by atoms with Crippen LogP contribution < -0.4 is 0 Å². The zero-order chi connectivity index (χ0) is 20.6. The highest BCUT2D eigenvalue weighted by molar-refractivity contribution is 5.94. The van der Waals surface area contributed by atoms with Gasteiger partial charge in [-0.15, -0.1) is 0 Å². The highest BCUT2D eigenvalue weighted by atomic mass is 16.3. The first kappa shape index (κ1) is 19.7. The Hall–Kier alpha value is -2.63. The van der Waals surface area contributed by atoms with E-state index in [1.54, 1.807) is 11.8 Å². The third-order valence-electron chi connectivity index (χ3n) is 6.43. The molecule has 3 heterocycles. The van der Waals surface area contributed by atoms with Crippen LogP contribution in [0.2, 0.25) is 0 Å². The second-order valence-electron chi connectivity index (χ2n) is 8.74. The number of likely N-dealkylation sites (tertiary alicyclic amines) is 2. The van der Waals surface area contributed by atoms with Crippen molar-refractivity contribution in [3.8, 4) is 0 Å². The van der Waals surface area contributed by atoms with Gasteiger partial charge in [0.25, 0.3) is 5.91 Å². The molecule has 0 aliphatic carbocycles. The van der Waals surface area contributed by atoms with E-state index in [1.807, 2.05) is 4.90 Å². The van der Waals surface area contributed by atoms with Gasteiger partial charge in [-0.2, -0.15) is 0 Å². The maximum Gasteiger partial charge on any atom is 0.276 e. The molecule has 1 atom stereocenters. The Morgan fingerprint density at radius 1 is 1.21 bits per heavy atom. The van der Waals surface area contributed by atoms with Crippen molar-refractivity contribution in [1.82, 2.24) is 14.8 Å². The van der Waals surface area contributed by atoms with Crippen LogP contribution in [-0.4, -0.2) is 46.2 Å². The van der Waals surface area contributed by atoms with Gasteiger partial charge in [-0.05, 0) is 43.2 Å². The Bertz CT molecular complexity index is 902. The van der Waals surface area contributed by atoms with E-state index in [1.165, 1.54) is 12.0 Å². The molecule has 2 saturated heterocycles. The van der Waals surface area contributed by atoms with Gasteiger partial charge in [0.1, 0.15) is 5.76 Å². The molecule has 0 bridgehead atoms. The first-order chi connectivity index (χ1) is 13.9. The van der Waals surface area contributed by atoms with Gasteiger partial charge >= 0.3 is 0 Å². The summed E-state index contributed by atoms with van der Waals surface area (Å²) in [6.07, 6.45) is 3.83. The SMILES string of the molecule is Cc1ocnc1C(=O)N1CC[C@]2(CCCN(Cc3ccc(C(C)C)cc3)C2=O)C1. The molecule has 1 spiro atoms. The average Bonchev–Trinajstić information content (AvgIpc) is 3.33. The number of rotatable bonds is 4. The number of oxazole rings is 1. The number of amides is 2. The molecule has 6 heteroatoms. The minimum absolute atomic E-state index is 0.137. The van der Waals surface area contributed by atoms with Crippen LogP contribution >= 0.6 is 0 Å². The van der Waals surface area contributed by atoms with Crippen LogP contribution in [0.25, 0.3) is 0 Å². The van der Waals surface area contributed by atoms with Gasteiger partial charge in [0, 0.05) is 26.2 Å². The topological polar surface area (TPSA) is 66.7 Å². The first-order valence-corrected chi connectivity index (χ1v) is 10.5. The van der Waals surface area contributed by atoms with Crippen LogP contribution in [0.15, 0.2) is 35.1 Å². The standard InChI is InChI=1S/C23H29N3O3/c1-16(2)19-7-5-18(6-8-19)13-25-11-4-9-23(22(25)28)10-12-26(14-23)21(27)20-17(3)29-15-24-20/h5-8,15-16H,4,9-14H2,1-3H3/t23-/m1/s1. The fourth-order valence-electron chi connectivity index (χ4n) is 4.62. The Balaban J connectivity index is 1.46. The molecule has 0 unspecified atom stereocenters. The minimum Gasteiger partial charge on any atom is -0.448 e. The lowest BCUT2D eigenvalue weighted by Crippen LogP contribution is -2.50. The molecule has 2 fully saturated rings. The predicted octanol–water partition coefficient (Wildman–Crippen LogP) is 3.76. The summed E-state index contributed by atoms with van der Waals surface area (Å²) in [4.78, 5) is 34.0. The number of aromatic nitrogens is 1. The summed E-state index contributed by atoms with van der Waals surface area (Å²) >= 11 is 0. The van der Waals surface area contributed by atoms with Crippen LogP contribution in [-0.2, 0) is 11.3 Å². The summed E-state index contributed by atoms with van der Waals surface area (Å²) in [6.45, 7) is 8.58. The molecular weight excluding hydrogens is 366 g/mol. The molecule has 29 heavy (non-hydrogen) atoms. The number of benzene rings is 1. The first-order valence-electron chi connectivity index (χ1n) is 10.5. The number of hydrogen-bond acceptors (Lipinski definition) is 4. The molecule has 4 rings (SSSR count). The Labute approximate surface area is 171 Å². The molecule has 0 N–H and O–H groups in total. The number of nitrogens with zero attached hydrogens (tertiary/aromatic N) is 3. The van der Waals surface area contributed by atoms with Gasteiger partial charge in [-0.3, -0.25) is 9.59 Å². The van der Waals surface area contributed by atoms with Gasteiger partial charge in [0.05, 0.1) is 5.41 Å². The van der Waals surface area contributed by atoms with Crippen LogP contribution in [0.1, 0.15) is 66.4 Å². The zero-order valence-electron chi connectivity index (χ0n) is 17.5. The molecule has 1 aromatic heterocycles. The van der Waals surface area contributed by atoms with E-state index < -0.39 is 5.41 Å². The number of hydrogen-bond donors (Lipinski definition) is 0. The van der Waals surface area contributed by atoms with E-state index in [-0.39, 0.29) is 11.8 Å². The summed E-state index contributed by atoms with van der Waals surface area (Å²) in [7, 11) is 0. The van der Waals surface area contributed by atoms with Crippen molar-refractivity contribution in [3.63, 3.8) is 0 Å². The van der Waals surface area contributed by atoms with Crippen molar-refractivity contribution in [2.75, 3.05) is 19.6 Å². The van der Waals surface area contributed by atoms with Crippen molar-refractivity contribution in [2.24, 2.45) is 5.41 Å². The largest absolute Gasteiger partial charge is 0.448 e. The molecule has 154 valence electrons. The van der Waals surface area contributed by atoms with Crippen LogP contribution in [0, 0.1) is 12.3 Å². The maximum absolute atomic E-state index is 13.4. The van der Waals surface area contributed by atoms with Gasteiger partial charge in [0.15, 0.2) is 12.1 Å². The monoisotopic (exact) mass is 395 g/mol. The number of aryl methyl sites for hydroxylation is 1. The Morgan fingerprint density at radius 3 is 2.62 bits per heavy atom. The van der Waals surface area contributed by atoms with Crippen LogP contribution in [0.5, 0.6) is 0 Å². The quantitative estimate of drug-likeness (QED) is 0.791. The van der Waals surface area contributed by atoms with Gasteiger partial charge in [-0.1, -0.05) is 38.1 Å². The van der Waals surface area contributed by atoms with E-state index in [2.05, 4.69) is 43.1 Å². The lowest BCUT2D eigenvalue weighted by Gasteiger charge is -2.39. The van der Waals surface area contributed by atoms with E-state index in [4.69, 9.17) is 4.42 Å². The molecule has 2 aliphatic heterocycles. The Kier molecular flexibility index (Phi) is 5.19. The molecule has 6 nitrogen and oxygen atoms in total. The third kappa shape index (κ3) is 3.68. The molecule has 2 aliphatic rings. The van der Waals surface area contributed by atoms with Gasteiger partial charge in [-0.25, -0.2) is 4.98 Å². The van der Waals surface area contributed by atoms with Crippen molar-refractivity contribution in [3.05, 3.63) is 53.2 Å². The fraction of sp³-hybridized carbons (Fsp3) is 0.522. The van der Waals surface area contributed by atoms with E-state index >= 15 is 0 Å². The smallest absolute Gasteiger partial charge is 0.276 e. The Morgan fingerprint density at radius 2 is 1.97 bits per heavy atom.